The van der Waals surface area contributed by atoms with E-state index >= 15 is 0 Å². The second kappa shape index (κ2) is 9.67. The number of carbonyl (C=O) groups is 1. The van der Waals surface area contributed by atoms with Gasteiger partial charge in [0.15, 0.2) is 5.65 Å². The number of aliphatic hydroxyl groups excluding tert-OH is 1. The first-order chi connectivity index (χ1) is 17.0. The summed E-state index contributed by atoms with van der Waals surface area (Å²) in [6.07, 6.45) is 7.75. The fraction of sp³-hybridized carbons (Fsp3) is 0.500. The second-order valence-corrected chi connectivity index (χ2v) is 9.24. The lowest BCUT2D eigenvalue weighted by atomic mass is 9.89. The van der Waals surface area contributed by atoms with Crippen molar-refractivity contribution in [3.05, 3.63) is 46.5 Å². The third-order valence-corrected chi connectivity index (χ3v) is 7.05. The lowest BCUT2D eigenvalue weighted by molar-refractivity contribution is 0.00732. The zero-order valence-corrected chi connectivity index (χ0v) is 19.9. The van der Waals surface area contributed by atoms with E-state index < -0.39 is 0 Å². The Labute approximate surface area is 202 Å². The fourth-order valence-corrected chi connectivity index (χ4v) is 4.95. The molecule has 11 nitrogen and oxygen atoms in total. The van der Waals surface area contributed by atoms with Crippen LogP contribution in [0.3, 0.4) is 0 Å². The number of aromatic nitrogens is 4. The molecule has 4 N–H and O–H groups in total. The van der Waals surface area contributed by atoms with E-state index in [1.807, 2.05) is 6.07 Å². The number of methoxy groups -OCH3 is 1. The Balaban J connectivity index is 1.44. The summed E-state index contributed by atoms with van der Waals surface area (Å²) in [5.41, 5.74) is 0.904. The Morgan fingerprint density at radius 3 is 2.83 bits per heavy atom. The molecular weight excluding hydrogens is 450 g/mol. The quantitative estimate of drug-likeness (QED) is 0.403. The summed E-state index contributed by atoms with van der Waals surface area (Å²) < 4.78 is 8.62. The Bertz CT molecular complexity index is 1280. The number of amides is 1. The van der Waals surface area contributed by atoms with Crippen LogP contribution in [0.1, 0.15) is 54.9 Å². The fourth-order valence-electron chi connectivity index (χ4n) is 4.95. The first-order valence-electron chi connectivity index (χ1n) is 12.0. The molecule has 0 radical (unpaired) electrons. The van der Waals surface area contributed by atoms with Crippen molar-refractivity contribution in [2.45, 2.75) is 62.8 Å². The maximum absolute atomic E-state index is 13.2. The normalized spacial score (nSPS) is 24.1. The summed E-state index contributed by atoms with van der Waals surface area (Å²) in [4.78, 5) is 30.8. The van der Waals surface area contributed by atoms with Gasteiger partial charge in [0.1, 0.15) is 22.9 Å². The molecular formula is C24H31N7O4. The third kappa shape index (κ3) is 4.48. The summed E-state index contributed by atoms with van der Waals surface area (Å²) >= 11 is 0. The molecule has 0 bridgehead atoms. The van der Waals surface area contributed by atoms with Gasteiger partial charge in [-0.2, -0.15) is 9.61 Å². The average molecular weight is 482 g/mol. The molecule has 4 atom stereocenters. The van der Waals surface area contributed by atoms with Crippen LogP contribution in [-0.4, -0.2) is 62.6 Å². The number of pyridine rings is 1. The molecule has 186 valence electrons. The molecule has 3 heterocycles. The van der Waals surface area contributed by atoms with Gasteiger partial charge < -0.3 is 30.4 Å². The van der Waals surface area contributed by atoms with E-state index in [1.54, 1.807) is 41.6 Å². The van der Waals surface area contributed by atoms with Crippen LogP contribution < -0.4 is 21.5 Å². The number of nitrogens with one attached hydrogen (secondary N) is 3. The lowest BCUT2D eigenvalue weighted by Crippen LogP contribution is -2.51. The maximum Gasteiger partial charge on any atom is 0.274 e. The summed E-state index contributed by atoms with van der Waals surface area (Å²) in [6.45, 7) is 0. The number of fused-ring (bicyclic) bond motifs is 1. The van der Waals surface area contributed by atoms with Crippen LogP contribution >= 0.6 is 0 Å². The van der Waals surface area contributed by atoms with Gasteiger partial charge in [0.25, 0.3) is 11.5 Å². The molecule has 1 amide bonds. The highest BCUT2D eigenvalue weighted by molar-refractivity contribution is 6.00. The molecule has 5 rings (SSSR count). The third-order valence-electron chi connectivity index (χ3n) is 7.05. The van der Waals surface area contributed by atoms with E-state index in [2.05, 4.69) is 26.0 Å². The van der Waals surface area contributed by atoms with Crippen molar-refractivity contribution in [2.24, 2.45) is 0 Å². The summed E-state index contributed by atoms with van der Waals surface area (Å²) in [5, 5.41) is 23.6. The molecule has 0 spiro atoms. The average Bonchev–Trinajstić information content (AvgIpc) is 3.27. The van der Waals surface area contributed by atoms with Gasteiger partial charge >= 0.3 is 0 Å². The minimum atomic E-state index is -0.384. The number of ether oxygens (including phenoxy) is 1. The number of hydrogen-bond acceptors (Lipinski definition) is 8. The molecule has 35 heavy (non-hydrogen) atoms. The van der Waals surface area contributed by atoms with Crippen molar-refractivity contribution < 1.29 is 14.6 Å². The van der Waals surface area contributed by atoms with Crippen molar-refractivity contribution in [1.82, 2.24) is 24.5 Å². The van der Waals surface area contributed by atoms with Gasteiger partial charge in [-0.05, 0) is 50.7 Å². The van der Waals surface area contributed by atoms with Crippen molar-refractivity contribution >= 4 is 28.9 Å². The smallest absolute Gasteiger partial charge is 0.274 e. The highest BCUT2D eigenvalue weighted by Gasteiger charge is 2.33. The van der Waals surface area contributed by atoms with Gasteiger partial charge in [0, 0.05) is 32.5 Å². The van der Waals surface area contributed by atoms with Crippen molar-refractivity contribution in [2.75, 3.05) is 24.8 Å². The summed E-state index contributed by atoms with van der Waals surface area (Å²) in [6, 6.07) is 5.17. The van der Waals surface area contributed by atoms with E-state index in [4.69, 9.17) is 4.74 Å². The molecule has 0 aromatic carbocycles. The number of hydrogen-bond donors (Lipinski definition) is 4. The molecule has 2 aliphatic carbocycles. The lowest BCUT2D eigenvalue weighted by Gasteiger charge is -2.35. The van der Waals surface area contributed by atoms with E-state index in [0.717, 1.165) is 32.1 Å². The second-order valence-electron chi connectivity index (χ2n) is 9.24. The summed E-state index contributed by atoms with van der Waals surface area (Å²) in [5.74, 6) is 0.756. The predicted octanol–water partition coefficient (Wildman–Crippen LogP) is 2.06. The molecule has 0 aliphatic heterocycles. The van der Waals surface area contributed by atoms with E-state index in [1.165, 1.54) is 6.20 Å². The number of nitrogens with zero attached hydrogens (tertiary/aromatic N) is 4. The van der Waals surface area contributed by atoms with E-state index in [0.29, 0.717) is 35.0 Å². The van der Waals surface area contributed by atoms with Crippen LogP contribution in [0.5, 0.6) is 0 Å². The molecule has 2 saturated carbocycles. The Kier molecular flexibility index (Phi) is 6.44. The zero-order valence-electron chi connectivity index (χ0n) is 19.9. The largest absolute Gasteiger partial charge is 0.393 e. The number of carbonyl (C=O) groups excluding carboxylic acids is 1. The highest BCUT2D eigenvalue weighted by atomic mass is 16.5. The first-order valence-corrected chi connectivity index (χ1v) is 12.0. The molecule has 0 saturated heterocycles. The van der Waals surface area contributed by atoms with Crippen LogP contribution in [-0.2, 0) is 4.74 Å². The van der Waals surface area contributed by atoms with Gasteiger partial charge in [-0.25, -0.2) is 4.98 Å². The van der Waals surface area contributed by atoms with Crippen LogP contribution in [0.2, 0.25) is 0 Å². The van der Waals surface area contributed by atoms with Crippen LogP contribution in [0.4, 0.5) is 17.3 Å². The molecule has 2 fully saturated rings. The maximum atomic E-state index is 13.2. The number of anilines is 3. The van der Waals surface area contributed by atoms with Gasteiger partial charge in [0.05, 0.1) is 24.4 Å². The minimum Gasteiger partial charge on any atom is -0.393 e. The topological polar surface area (TPSA) is 135 Å². The van der Waals surface area contributed by atoms with Crippen LogP contribution in [0.15, 0.2) is 35.4 Å². The Hall–Kier alpha value is -3.44. The standard InChI is InChI=1S/C24H31N7O4/c1-25-21-12-20(27-18-7-4-10-30(24(18)34)14-5-3-6-15(32)11-14)29-22-16(13-26-31(21)22)23(33)28-17-8-9-19(17)35-2/h4,7,10,12-15,17,19,25,32H,3,5-6,8-9,11H2,1-2H3,(H,27,29)(H,28,33)/t14-,15-,17-,19-/m0/s1. The molecule has 11 heteroatoms. The van der Waals surface area contributed by atoms with E-state index in [-0.39, 0.29) is 35.8 Å². The van der Waals surface area contributed by atoms with Gasteiger partial charge in [-0.15, -0.1) is 0 Å². The van der Waals surface area contributed by atoms with Crippen molar-refractivity contribution in [1.29, 1.82) is 0 Å². The summed E-state index contributed by atoms with van der Waals surface area (Å²) in [7, 11) is 3.40. The first kappa shape index (κ1) is 23.3. The molecule has 2 aliphatic rings. The Morgan fingerprint density at radius 2 is 2.11 bits per heavy atom. The Morgan fingerprint density at radius 1 is 1.26 bits per heavy atom. The van der Waals surface area contributed by atoms with Crippen molar-refractivity contribution in [3.63, 3.8) is 0 Å². The molecule has 0 unspecified atom stereocenters. The van der Waals surface area contributed by atoms with E-state index in [9.17, 15) is 14.7 Å². The highest BCUT2D eigenvalue weighted by Crippen LogP contribution is 2.28. The monoisotopic (exact) mass is 481 g/mol. The van der Waals surface area contributed by atoms with Gasteiger partial charge in [0.2, 0.25) is 0 Å². The SMILES string of the molecule is CNc1cc(Nc2cccn([C@H]3CCC[C@H](O)C3)c2=O)nc2c(C(=O)N[C@H]3CC[C@@H]3OC)cnn12. The zero-order chi connectivity index (χ0) is 24.5. The molecule has 3 aromatic rings. The predicted molar refractivity (Wildman–Crippen MR) is 131 cm³/mol. The minimum absolute atomic E-state index is 0.0179. The molecule has 3 aromatic heterocycles. The van der Waals surface area contributed by atoms with Crippen molar-refractivity contribution in [3.8, 4) is 0 Å². The van der Waals surface area contributed by atoms with Crippen LogP contribution in [0.25, 0.3) is 5.65 Å². The number of aliphatic hydroxyl groups is 1. The van der Waals surface area contributed by atoms with Crippen LogP contribution in [0, 0.1) is 0 Å². The van der Waals surface area contributed by atoms with Gasteiger partial charge in [-0.3, -0.25) is 9.59 Å². The number of rotatable bonds is 7. The van der Waals surface area contributed by atoms with Gasteiger partial charge in [-0.1, -0.05) is 0 Å².